The fourth-order valence-corrected chi connectivity index (χ4v) is 3.38. The molecule has 2 heterocycles. The van der Waals surface area contributed by atoms with Crippen LogP contribution in [-0.2, 0) is 0 Å². The van der Waals surface area contributed by atoms with E-state index in [-0.39, 0.29) is 5.82 Å². The Labute approximate surface area is 169 Å². The Morgan fingerprint density at radius 3 is 2.38 bits per heavy atom. The number of hydrogen-bond donors (Lipinski definition) is 2. The maximum atomic E-state index is 13.3. The SMILES string of the molecule is CC.Fc1ccc(-c2nccc3ccc(Nc4ccc5[nH]ccc5c4)cc23)cc1. The number of hydrogen-bond acceptors (Lipinski definition) is 2. The van der Waals surface area contributed by atoms with Crippen LogP contribution in [0.3, 0.4) is 0 Å². The topological polar surface area (TPSA) is 40.7 Å². The standard InChI is InChI=1S/C23H16FN3.C2H6/c24-18-4-1-16(2-5-18)23-21-14-20(6-3-15(21)9-12-26-23)27-19-7-8-22-17(13-19)10-11-25-22;1-2/h1-14,25,27H;1-2H3. The Bertz CT molecular complexity index is 1260. The molecular formula is C25H22FN3. The summed E-state index contributed by atoms with van der Waals surface area (Å²) in [5.41, 5.74) is 4.86. The second kappa shape index (κ2) is 8.15. The zero-order chi connectivity index (χ0) is 20.2. The lowest BCUT2D eigenvalue weighted by molar-refractivity contribution is 0.628. The fraction of sp³-hybridized carbons (Fsp3) is 0.0800. The average molecular weight is 383 g/mol. The second-order valence-corrected chi connectivity index (χ2v) is 6.51. The van der Waals surface area contributed by atoms with E-state index in [0.29, 0.717) is 0 Å². The zero-order valence-electron chi connectivity index (χ0n) is 16.4. The van der Waals surface area contributed by atoms with E-state index in [4.69, 9.17) is 0 Å². The molecule has 144 valence electrons. The van der Waals surface area contributed by atoms with Gasteiger partial charge in [-0.25, -0.2) is 4.39 Å². The van der Waals surface area contributed by atoms with Crippen LogP contribution >= 0.6 is 0 Å². The van der Waals surface area contributed by atoms with Crippen LogP contribution in [0.4, 0.5) is 15.8 Å². The molecule has 5 aromatic rings. The van der Waals surface area contributed by atoms with E-state index >= 15 is 0 Å². The highest BCUT2D eigenvalue weighted by molar-refractivity contribution is 5.97. The van der Waals surface area contributed by atoms with Crippen molar-refractivity contribution in [3.8, 4) is 11.3 Å². The van der Waals surface area contributed by atoms with E-state index in [1.807, 2.05) is 32.2 Å². The Morgan fingerprint density at radius 2 is 1.55 bits per heavy atom. The first-order valence-electron chi connectivity index (χ1n) is 9.75. The van der Waals surface area contributed by atoms with E-state index in [2.05, 4.69) is 51.7 Å². The predicted molar refractivity (Wildman–Crippen MR) is 120 cm³/mol. The van der Waals surface area contributed by atoms with E-state index in [1.54, 1.807) is 18.3 Å². The summed E-state index contributed by atoms with van der Waals surface area (Å²) >= 11 is 0. The quantitative estimate of drug-likeness (QED) is 0.343. The van der Waals surface area contributed by atoms with Crippen LogP contribution in [0.25, 0.3) is 32.9 Å². The maximum absolute atomic E-state index is 13.3. The van der Waals surface area contributed by atoms with Gasteiger partial charge < -0.3 is 10.3 Å². The van der Waals surface area contributed by atoms with Crippen LogP contribution in [0.5, 0.6) is 0 Å². The normalized spacial score (nSPS) is 10.6. The molecule has 3 aromatic carbocycles. The van der Waals surface area contributed by atoms with Gasteiger partial charge in [0, 0.05) is 45.6 Å². The van der Waals surface area contributed by atoms with Gasteiger partial charge >= 0.3 is 0 Å². The summed E-state index contributed by atoms with van der Waals surface area (Å²) < 4.78 is 13.3. The maximum Gasteiger partial charge on any atom is 0.123 e. The van der Waals surface area contributed by atoms with Crippen molar-refractivity contribution in [2.45, 2.75) is 13.8 Å². The molecule has 3 nitrogen and oxygen atoms in total. The molecule has 2 N–H and O–H groups in total. The lowest BCUT2D eigenvalue weighted by Gasteiger charge is -2.10. The van der Waals surface area contributed by atoms with Crippen molar-refractivity contribution in [2.75, 3.05) is 5.32 Å². The molecule has 0 amide bonds. The summed E-state index contributed by atoms with van der Waals surface area (Å²) in [4.78, 5) is 7.74. The highest BCUT2D eigenvalue weighted by Gasteiger charge is 2.07. The molecule has 0 aliphatic carbocycles. The minimum Gasteiger partial charge on any atom is -0.361 e. The van der Waals surface area contributed by atoms with Gasteiger partial charge in [-0.05, 0) is 72.1 Å². The second-order valence-electron chi connectivity index (χ2n) is 6.51. The number of halogens is 1. The van der Waals surface area contributed by atoms with Gasteiger partial charge in [-0.15, -0.1) is 0 Å². The third-order valence-corrected chi connectivity index (χ3v) is 4.73. The van der Waals surface area contributed by atoms with E-state index in [1.165, 1.54) is 12.1 Å². The van der Waals surface area contributed by atoms with Crippen LogP contribution < -0.4 is 5.32 Å². The first-order chi connectivity index (χ1) is 14.3. The molecule has 0 unspecified atom stereocenters. The Hall–Kier alpha value is -3.66. The number of rotatable bonds is 3. The Balaban J connectivity index is 0.000000994. The molecule has 5 rings (SSSR count). The van der Waals surface area contributed by atoms with Crippen molar-refractivity contribution in [1.29, 1.82) is 0 Å². The van der Waals surface area contributed by atoms with Crippen molar-refractivity contribution in [1.82, 2.24) is 9.97 Å². The lowest BCUT2D eigenvalue weighted by atomic mass is 10.0. The van der Waals surface area contributed by atoms with Crippen molar-refractivity contribution in [3.05, 3.63) is 91.0 Å². The van der Waals surface area contributed by atoms with Gasteiger partial charge in [0.25, 0.3) is 0 Å². The summed E-state index contributed by atoms with van der Waals surface area (Å²) in [7, 11) is 0. The molecule has 0 aliphatic heterocycles. The smallest absolute Gasteiger partial charge is 0.123 e. The van der Waals surface area contributed by atoms with Gasteiger partial charge in [-0.1, -0.05) is 19.9 Å². The van der Waals surface area contributed by atoms with Crippen LogP contribution in [0.15, 0.2) is 85.2 Å². The number of aromatic amines is 1. The summed E-state index contributed by atoms with van der Waals surface area (Å²) in [6.07, 6.45) is 3.72. The molecule has 29 heavy (non-hydrogen) atoms. The third-order valence-electron chi connectivity index (χ3n) is 4.73. The predicted octanol–water partition coefficient (Wildman–Crippen LogP) is 7.29. The molecular weight excluding hydrogens is 361 g/mol. The number of aromatic nitrogens is 2. The number of H-pyrrole nitrogens is 1. The number of benzene rings is 3. The van der Waals surface area contributed by atoms with E-state index in [0.717, 1.165) is 44.3 Å². The molecule has 0 spiro atoms. The number of pyridine rings is 1. The van der Waals surface area contributed by atoms with Gasteiger partial charge in [-0.2, -0.15) is 0 Å². The number of nitrogens with zero attached hydrogens (tertiary/aromatic N) is 1. The van der Waals surface area contributed by atoms with Gasteiger partial charge in [0.2, 0.25) is 0 Å². The van der Waals surface area contributed by atoms with Gasteiger partial charge in [0.1, 0.15) is 5.82 Å². The summed E-state index contributed by atoms with van der Waals surface area (Å²) in [5, 5.41) is 6.74. The average Bonchev–Trinajstić information content (AvgIpc) is 3.23. The van der Waals surface area contributed by atoms with E-state index < -0.39 is 0 Å². The lowest BCUT2D eigenvalue weighted by Crippen LogP contribution is -1.92. The minimum atomic E-state index is -0.249. The summed E-state index contributed by atoms with van der Waals surface area (Å²) in [6, 6.07) is 22.9. The van der Waals surface area contributed by atoms with E-state index in [9.17, 15) is 4.39 Å². The summed E-state index contributed by atoms with van der Waals surface area (Å²) in [6.45, 7) is 4.00. The minimum absolute atomic E-state index is 0.249. The van der Waals surface area contributed by atoms with Crippen molar-refractivity contribution in [3.63, 3.8) is 0 Å². The van der Waals surface area contributed by atoms with Crippen LogP contribution in [-0.4, -0.2) is 9.97 Å². The highest BCUT2D eigenvalue weighted by atomic mass is 19.1. The first-order valence-corrected chi connectivity index (χ1v) is 9.75. The Morgan fingerprint density at radius 1 is 0.793 bits per heavy atom. The van der Waals surface area contributed by atoms with Crippen molar-refractivity contribution in [2.24, 2.45) is 0 Å². The Kier molecular flexibility index (Phi) is 5.25. The molecule has 0 aliphatic rings. The fourth-order valence-electron chi connectivity index (χ4n) is 3.38. The van der Waals surface area contributed by atoms with Crippen molar-refractivity contribution >= 4 is 33.1 Å². The monoisotopic (exact) mass is 383 g/mol. The van der Waals surface area contributed by atoms with Gasteiger partial charge in [-0.3, -0.25) is 4.98 Å². The highest BCUT2D eigenvalue weighted by Crippen LogP contribution is 2.30. The largest absolute Gasteiger partial charge is 0.361 e. The molecule has 0 radical (unpaired) electrons. The van der Waals surface area contributed by atoms with Crippen LogP contribution in [0, 0.1) is 5.82 Å². The molecule has 0 saturated carbocycles. The molecule has 0 saturated heterocycles. The molecule has 4 heteroatoms. The molecule has 0 bridgehead atoms. The van der Waals surface area contributed by atoms with Gasteiger partial charge in [0.15, 0.2) is 0 Å². The molecule has 2 aromatic heterocycles. The molecule has 0 atom stereocenters. The number of fused-ring (bicyclic) bond motifs is 2. The third kappa shape index (κ3) is 3.83. The molecule has 0 fully saturated rings. The van der Waals surface area contributed by atoms with Crippen LogP contribution in [0.1, 0.15) is 13.8 Å². The van der Waals surface area contributed by atoms with Gasteiger partial charge in [0.05, 0.1) is 5.69 Å². The number of anilines is 2. The first kappa shape index (κ1) is 18.7. The summed E-state index contributed by atoms with van der Waals surface area (Å²) in [5.74, 6) is -0.249. The number of nitrogens with one attached hydrogen (secondary N) is 2. The van der Waals surface area contributed by atoms with Crippen molar-refractivity contribution < 1.29 is 4.39 Å². The zero-order valence-corrected chi connectivity index (χ0v) is 16.4. The van der Waals surface area contributed by atoms with Crippen LogP contribution in [0.2, 0.25) is 0 Å².